The molecule has 1 aromatic carbocycles. The minimum absolute atomic E-state index is 0.205. The smallest absolute Gasteiger partial charge is 0.259 e. The quantitative estimate of drug-likeness (QED) is 0.636. The van der Waals surface area contributed by atoms with E-state index in [2.05, 4.69) is 40.1 Å². The summed E-state index contributed by atoms with van der Waals surface area (Å²) in [6, 6.07) is 9.71. The number of aromatic nitrogens is 4. The van der Waals surface area contributed by atoms with Crippen LogP contribution in [0.2, 0.25) is 0 Å². The van der Waals surface area contributed by atoms with Crippen LogP contribution in [0.5, 0.6) is 0 Å². The van der Waals surface area contributed by atoms with Crippen LogP contribution in [0.25, 0.3) is 22.6 Å². The maximum absolute atomic E-state index is 12.2. The average molecular weight is 298 g/mol. The normalized spacial score (nSPS) is 10.8. The number of H-pyrrole nitrogens is 3. The largest absolute Gasteiger partial charge is 0.321 e. The molecular formula is C15H14N4OS. The molecule has 0 saturated carbocycles. The third-order valence-corrected chi connectivity index (χ3v) is 3.68. The zero-order valence-electron chi connectivity index (χ0n) is 11.7. The Morgan fingerprint density at radius 2 is 1.86 bits per heavy atom. The molecular weight excluding hydrogens is 284 g/mol. The van der Waals surface area contributed by atoms with Crippen LogP contribution in [0.4, 0.5) is 0 Å². The number of pyridine rings is 1. The van der Waals surface area contributed by atoms with Crippen molar-refractivity contribution in [1.29, 1.82) is 0 Å². The van der Waals surface area contributed by atoms with Gasteiger partial charge in [-0.1, -0.05) is 12.1 Å². The molecule has 3 N–H and O–H groups in total. The zero-order chi connectivity index (χ0) is 15.0. The number of aryl methyl sites for hydroxylation is 2. The molecule has 0 fully saturated rings. The summed E-state index contributed by atoms with van der Waals surface area (Å²) in [5.74, 6) is 0.438. The molecule has 0 atom stereocenters. The summed E-state index contributed by atoms with van der Waals surface area (Å²) in [6.45, 7) is 4.11. The number of hydrogen-bond acceptors (Lipinski definition) is 3. The molecule has 3 rings (SSSR count). The summed E-state index contributed by atoms with van der Waals surface area (Å²) in [5.41, 5.74) is 4.42. The van der Waals surface area contributed by atoms with Crippen molar-refractivity contribution in [2.45, 2.75) is 13.8 Å². The number of nitrogens with zero attached hydrogens (tertiary/aromatic N) is 1. The lowest BCUT2D eigenvalue weighted by Gasteiger charge is -2.06. The van der Waals surface area contributed by atoms with Gasteiger partial charge in [0.05, 0.1) is 5.56 Å². The SMILES string of the molecule is Cc1ccc(-c2ccc(-c3nc(=S)[nH][nH]3)c(=O)[nH]2)cc1C. The molecule has 0 unspecified atom stereocenters. The Morgan fingerprint density at radius 3 is 2.48 bits per heavy atom. The molecule has 0 amide bonds. The Morgan fingerprint density at radius 1 is 1.05 bits per heavy atom. The van der Waals surface area contributed by atoms with Crippen LogP contribution in [0.3, 0.4) is 0 Å². The monoisotopic (exact) mass is 298 g/mol. The molecule has 5 nitrogen and oxygen atoms in total. The third-order valence-electron chi connectivity index (χ3n) is 3.48. The van der Waals surface area contributed by atoms with E-state index < -0.39 is 0 Å². The van der Waals surface area contributed by atoms with Gasteiger partial charge in [-0.15, -0.1) is 0 Å². The highest BCUT2D eigenvalue weighted by Gasteiger charge is 2.08. The molecule has 0 aliphatic heterocycles. The lowest BCUT2D eigenvalue weighted by Crippen LogP contribution is -2.10. The van der Waals surface area contributed by atoms with Gasteiger partial charge in [0.1, 0.15) is 0 Å². The highest BCUT2D eigenvalue weighted by atomic mass is 32.1. The molecule has 0 spiro atoms. The maximum atomic E-state index is 12.2. The van der Waals surface area contributed by atoms with E-state index in [9.17, 15) is 4.79 Å². The van der Waals surface area contributed by atoms with Gasteiger partial charge in [-0.2, -0.15) is 4.98 Å². The van der Waals surface area contributed by atoms with E-state index in [4.69, 9.17) is 12.2 Å². The molecule has 21 heavy (non-hydrogen) atoms. The molecule has 2 aromatic heterocycles. The van der Waals surface area contributed by atoms with Crippen molar-refractivity contribution < 1.29 is 0 Å². The minimum Gasteiger partial charge on any atom is -0.321 e. The number of nitrogens with one attached hydrogen (secondary N) is 3. The lowest BCUT2D eigenvalue weighted by molar-refractivity contribution is 1.08. The summed E-state index contributed by atoms with van der Waals surface area (Å²) in [6.07, 6.45) is 0. The van der Waals surface area contributed by atoms with Crippen molar-refractivity contribution in [3.63, 3.8) is 0 Å². The van der Waals surface area contributed by atoms with Crippen molar-refractivity contribution in [2.75, 3.05) is 0 Å². The molecule has 3 aromatic rings. The second kappa shape index (κ2) is 5.14. The highest BCUT2D eigenvalue weighted by Crippen LogP contribution is 2.20. The van der Waals surface area contributed by atoms with E-state index in [-0.39, 0.29) is 5.56 Å². The summed E-state index contributed by atoms with van der Waals surface area (Å²) in [5, 5.41) is 5.46. The first kappa shape index (κ1) is 13.5. The standard InChI is InChI=1S/C15H14N4OS/c1-8-3-4-10(7-9(8)2)12-6-5-11(14(20)16-12)13-17-15(21)19-18-13/h3-7H,1-2H3,(H,16,20)(H2,17,18,19,21). The van der Waals surface area contributed by atoms with Gasteiger partial charge in [0.25, 0.3) is 5.56 Å². The first-order chi connectivity index (χ1) is 10.0. The second-order valence-corrected chi connectivity index (χ2v) is 5.32. The molecule has 6 heteroatoms. The van der Waals surface area contributed by atoms with Crippen LogP contribution in [0.15, 0.2) is 35.1 Å². The van der Waals surface area contributed by atoms with Gasteiger partial charge in [-0.05, 0) is 61.0 Å². The van der Waals surface area contributed by atoms with E-state index in [1.54, 1.807) is 6.07 Å². The fourth-order valence-electron chi connectivity index (χ4n) is 2.14. The summed E-state index contributed by atoms with van der Waals surface area (Å²) in [7, 11) is 0. The summed E-state index contributed by atoms with van der Waals surface area (Å²) < 4.78 is 0.322. The molecule has 106 valence electrons. The summed E-state index contributed by atoms with van der Waals surface area (Å²) in [4.78, 5) is 19.1. The van der Waals surface area contributed by atoms with E-state index >= 15 is 0 Å². The van der Waals surface area contributed by atoms with Gasteiger partial charge in [-0.3, -0.25) is 15.0 Å². The van der Waals surface area contributed by atoms with E-state index in [1.165, 1.54) is 11.1 Å². The Kier molecular flexibility index (Phi) is 3.31. The molecule has 0 bridgehead atoms. The number of benzene rings is 1. The lowest BCUT2D eigenvalue weighted by atomic mass is 10.0. The predicted molar refractivity (Wildman–Crippen MR) is 84.7 cm³/mol. The first-order valence-corrected chi connectivity index (χ1v) is 6.91. The summed E-state index contributed by atoms with van der Waals surface area (Å²) >= 11 is 4.89. The van der Waals surface area contributed by atoms with Crippen LogP contribution in [0, 0.1) is 18.6 Å². The Bertz CT molecular complexity index is 920. The highest BCUT2D eigenvalue weighted by molar-refractivity contribution is 7.71. The number of hydrogen-bond donors (Lipinski definition) is 3. The maximum Gasteiger partial charge on any atom is 0.259 e. The van der Waals surface area contributed by atoms with Gasteiger partial charge in [-0.25, -0.2) is 0 Å². The van der Waals surface area contributed by atoms with Crippen LogP contribution >= 0.6 is 12.2 Å². The van der Waals surface area contributed by atoms with Gasteiger partial charge in [0.2, 0.25) is 4.77 Å². The Balaban J connectivity index is 2.07. The van der Waals surface area contributed by atoms with Gasteiger partial charge in [0.15, 0.2) is 5.82 Å². The average Bonchev–Trinajstić information content (AvgIpc) is 2.88. The van der Waals surface area contributed by atoms with Gasteiger partial charge < -0.3 is 4.98 Å². The molecule has 2 heterocycles. The van der Waals surface area contributed by atoms with Crippen LogP contribution in [0.1, 0.15) is 11.1 Å². The zero-order valence-corrected chi connectivity index (χ0v) is 12.5. The molecule has 0 radical (unpaired) electrons. The first-order valence-electron chi connectivity index (χ1n) is 6.50. The van der Waals surface area contributed by atoms with Crippen molar-refractivity contribution in [3.8, 4) is 22.6 Å². The van der Waals surface area contributed by atoms with E-state index in [0.29, 0.717) is 16.2 Å². The van der Waals surface area contributed by atoms with Crippen molar-refractivity contribution in [1.82, 2.24) is 20.2 Å². The van der Waals surface area contributed by atoms with Gasteiger partial charge in [0, 0.05) is 5.69 Å². The van der Waals surface area contributed by atoms with Gasteiger partial charge >= 0.3 is 0 Å². The van der Waals surface area contributed by atoms with E-state index in [1.807, 2.05) is 18.2 Å². The Labute approximate surface area is 126 Å². The fraction of sp³-hybridized carbons (Fsp3) is 0.133. The fourth-order valence-corrected chi connectivity index (χ4v) is 2.28. The number of rotatable bonds is 2. The van der Waals surface area contributed by atoms with E-state index in [0.717, 1.165) is 11.3 Å². The van der Waals surface area contributed by atoms with Crippen LogP contribution in [-0.2, 0) is 0 Å². The molecule has 0 aliphatic carbocycles. The van der Waals surface area contributed by atoms with Crippen molar-refractivity contribution in [3.05, 3.63) is 56.6 Å². The van der Waals surface area contributed by atoms with Crippen LogP contribution in [-0.4, -0.2) is 20.2 Å². The number of aromatic amines is 3. The van der Waals surface area contributed by atoms with Crippen molar-refractivity contribution in [2.24, 2.45) is 0 Å². The minimum atomic E-state index is -0.205. The second-order valence-electron chi connectivity index (χ2n) is 4.93. The predicted octanol–water partition coefficient (Wildman–Crippen LogP) is 3.11. The van der Waals surface area contributed by atoms with Crippen molar-refractivity contribution >= 4 is 12.2 Å². The topological polar surface area (TPSA) is 77.3 Å². The molecule has 0 saturated heterocycles. The Hall–Kier alpha value is -2.47. The molecule has 0 aliphatic rings. The van der Waals surface area contributed by atoms with Crippen LogP contribution < -0.4 is 5.56 Å². The third kappa shape index (κ3) is 2.57.